The Kier molecular flexibility index (Phi) is 12.3. The molecule has 2 amide bonds. The van der Waals surface area contributed by atoms with Crippen molar-refractivity contribution < 1.29 is 9.59 Å². The molecule has 7 nitrogen and oxygen atoms in total. The SMILES string of the molecule is NCCN(CCN)CCNC(=O)C1CC(=O)N(C2CCCCCCCCCCC2)C1. The van der Waals surface area contributed by atoms with Crippen LogP contribution in [0.3, 0.4) is 0 Å². The van der Waals surface area contributed by atoms with Gasteiger partial charge in [-0.3, -0.25) is 14.5 Å². The predicted molar refractivity (Wildman–Crippen MR) is 122 cm³/mol. The van der Waals surface area contributed by atoms with Crippen molar-refractivity contribution in [1.29, 1.82) is 0 Å². The molecule has 1 aliphatic carbocycles. The topological polar surface area (TPSA) is 105 Å². The first-order valence-corrected chi connectivity index (χ1v) is 12.4. The third kappa shape index (κ3) is 8.90. The number of carbonyl (C=O) groups excluding carboxylic acids is 2. The summed E-state index contributed by atoms with van der Waals surface area (Å²) in [6.07, 6.45) is 14.2. The van der Waals surface area contributed by atoms with Crippen molar-refractivity contribution in [1.82, 2.24) is 15.1 Å². The number of likely N-dealkylation sites (tertiary alicyclic amines) is 1. The predicted octanol–water partition coefficient (Wildman–Crippen LogP) is 1.84. The monoisotopic (exact) mass is 423 g/mol. The fourth-order valence-electron chi connectivity index (χ4n) is 4.90. The van der Waals surface area contributed by atoms with Gasteiger partial charge in [0.15, 0.2) is 0 Å². The summed E-state index contributed by atoms with van der Waals surface area (Å²) >= 11 is 0. The van der Waals surface area contributed by atoms with E-state index in [1.165, 1.54) is 57.8 Å². The van der Waals surface area contributed by atoms with Gasteiger partial charge >= 0.3 is 0 Å². The van der Waals surface area contributed by atoms with Crippen molar-refractivity contribution in [2.45, 2.75) is 83.1 Å². The highest BCUT2D eigenvalue weighted by Gasteiger charge is 2.37. The van der Waals surface area contributed by atoms with E-state index in [1.807, 2.05) is 4.90 Å². The van der Waals surface area contributed by atoms with E-state index in [1.54, 1.807) is 0 Å². The first-order chi connectivity index (χ1) is 14.7. The molecule has 2 fully saturated rings. The summed E-state index contributed by atoms with van der Waals surface area (Å²) in [4.78, 5) is 29.6. The second-order valence-corrected chi connectivity index (χ2v) is 9.07. The molecule has 1 saturated carbocycles. The molecule has 1 aliphatic heterocycles. The van der Waals surface area contributed by atoms with E-state index in [4.69, 9.17) is 11.5 Å². The zero-order valence-corrected chi connectivity index (χ0v) is 19.0. The molecular formula is C23H45N5O2. The number of hydrogen-bond acceptors (Lipinski definition) is 5. The number of hydrogen-bond donors (Lipinski definition) is 3. The molecule has 5 N–H and O–H groups in total. The first kappa shape index (κ1) is 25.1. The van der Waals surface area contributed by atoms with E-state index in [0.29, 0.717) is 38.6 Å². The lowest BCUT2D eigenvalue weighted by molar-refractivity contribution is -0.130. The second-order valence-electron chi connectivity index (χ2n) is 9.07. The minimum absolute atomic E-state index is 0.0134. The number of rotatable bonds is 9. The highest BCUT2D eigenvalue weighted by Crippen LogP contribution is 2.27. The van der Waals surface area contributed by atoms with E-state index in [2.05, 4.69) is 10.2 Å². The van der Waals surface area contributed by atoms with Crippen molar-refractivity contribution >= 4 is 11.8 Å². The van der Waals surface area contributed by atoms with Crippen LogP contribution in [0.25, 0.3) is 0 Å². The minimum atomic E-state index is -0.212. The maximum Gasteiger partial charge on any atom is 0.225 e. The van der Waals surface area contributed by atoms with Crippen LogP contribution in [0.5, 0.6) is 0 Å². The Morgan fingerprint density at radius 3 is 1.97 bits per heavy atom. The summed E-state index contributed by atoms with van der Waals surface area (Å²) in [6.45, 7) is 4.64. The summed E-state index contributed by atoms with van der Waals surface area (Å²) in [5, 5.41) is 3.03. The molecule has 30 heavy (non-hydrogen) atoms. The molecule has 0 aromatic rings. The van der Waals surface area contributed by atoms with Crippen molar-refractivity contribution in [3.63, 3.8) is 0 Å². The number of nitrogens with one attached hydrogen (secondary N) is 1. The number of nitrogens with zero attached hydrogens (tertiary/aromatic N) is 2. The molecule has 0 radical (unpaired) electrons. The van der Waals surface area contributed by atoms with Gasteiger partial charge in [-0.05, 0) is 12.8 Å². The van der Waals surface area contributed by atoms with E-state index in [-0.39, 0.29) is 17.7 Å². The number of nitrogens with two attached hydrogens (primary N) is 2. The Labute approximate surface area is 183 Å². The van der Waals surface area contributed by atoms with Gasteiger partial charge in [0.1, 0.15) is 0 Å². The lowest BCUT2D eigenvalue weighted by Crippen LogP contribution is -2.42. The Morgan fingerprint density at radius 2 is 1.43 bits per heavy atom. The summed E-state index contributed by atoms with van der Waals surface area (Å²) in [5.41, 5.74) is 11.3. The molecule has 0 aromatic heterocycles. The summed E-state index contributed by atoms with van der Waals surface area (Å²) in [6, 6.07) is 0.319. The molecule has 1 atom stereocenters. The zero-order chi connectivity index (χ0) is 21.6. The standard InChI is InChI=1S/C23H45N5O2/c24-12-15-27(16-13-25)17-14-26-23(30)20-18-22(29)28(19-20)21-10-8-6-4-2-1-3-5-7-9-11-21/h20-21H,1-19,24-25H2,(H,26,30). The van der Waals surface area contributed by atoms with E-state index >= 15 is 0 Å². The van der Waals surface area contributed by atoms with Crippen LogP contribution in [0.15, 0.2) is 0 Å². The first-order valence-electron chi connectivity index (χ1n) is 12.4. The normalized spacial score (nSPS) is 22.7. The Bertz CT molecular complexity index is 484. The van der Waals surface area contributed by atoms with Gasteiger partial charge in [0, 0.05) is 58.3 Å². The molecule has 0 aromatic carbocycles. The number of carbonyl (C=O) groups is 2. The van der Waals surface area contributed by atoms with Gasteiger partial charge in [0.25, 0.3) is 0 Å². The van der Waals surface area contributed by atoms with Crippen LogP contribution in [-0.4, -0.2) is 73.5 Å². The van der Waals surface area contributed by atoms with E-state index < -0.39 is 0 Å². The lowest BCUT2D eigenvalue weighted by atomic mass is 9.97. The maximum absolute atomic E-state index is 12.7. The smallest absolute Gasteiger partial charge is 0.225 e. The Balaban J connectivity index is 1.80. The molecule has 2 aliphatic rings. The van der Waals surface area contributed by atoms with Gasteiger partial charge in [0.05, 0.1) is 5.92 Å². The van der Waals surface area contributed by atoms with Crippen LogP contribution in [0.4, 0.5) is 0 Å². The molecule has 174 valence electrons. The fraction of sp³-hybridized carbons (Fsp3) is 0.913. The van der Waals surface area contributed by atoms with Gasteiger partial charge < -0.3 is 21.7 Å². The van der Waals surface area contributed by atoms with Crippen molar-refractivity contribution in [2.24, 2.45) is 17.4 Å². The van der Waals surface area contributed by atoms with Crippen LogP contribution in [0, 0.1) is 5.92 Å². The molecule has 1 unspecified atom stereocenters. The maximum atomic E-state index is 12.7. The molecule has 2 rings (SSSR count). The molecule has 1 heterocycles. The summed E-state index contributed by atoms with van der Waals surface area (Å²) < 4.78 is 0. The van der Waals surface area contributed by atoms with Crippen LogP contribution in [0.1, 0.15) is 77.0 Å². The fourth-order valence-corrected chi connectivity index (χ4v) is 4.90. The molecule has 1 saturated heterocycles. The summed E-state index contributed by atoms with van der Waals surface area (Å²) in [7, 11) is 0. The Morgan fingerprint density at radius 1 is 0.900 bits per heavy atom. The number of amides is 2. The average molecular weight is 424 g/mol. The van der Waals surface area contributed by atoms with Crippen LogP contribution >= 0.6 is 0 Å². The van der Waals surface area contributed by atoms with E-state index in [0.717, 1.165) is 32.5 Å². The van der Waals surface area contributed by atoms with Gasteiger partial charge in [0.2, 0.25) is 11.8 Å². The third-order valence-corrected chi connectivity index (χ3v) is 6.66. The quantitative estimate of drug-likeness (QED) is 0.525. The van der Waals surface area contributed by atoms with Crippen molar-refractivity contribution in [2.75, 3.05) is 45.8 Å². The third-order valence-electron chi connectivity index (χ3n) is 6.66. The molecule has 0 bridgehead atoms. The van der Waals surface area contributed by atoms with Crippen molar-refractivity contribution in [3.05, 3.63) is 0 Å². The van der Waals surface area contributed by atoms with E-state index in [9.17, 15) is 9.59 Å². The molecular weight excluding hydrogens is 378 g/mol. The second kappa shape index (κ2) is 14.8. The molecule has 0 spiro atoms. The van der Waals surface area contributed by atoms with Crippen LogP contribution < -0.4 is 16.8 Å². The molecule has 7 heteroatoms. The largest absolute Gasteiger partial charge is 0.355 e. The van der Waals surface area contributed by atoms with Crippen LogP contribution in [0.2, 0.25) is 0 Å². The minimum Gasteiger partial charge on any atom is -0.355 e. The van der Waals surface area contributed by atoms with Crippen molar-refractivity contribution in [3.8, 4) is 0 Å². The highest BCUT2D eigenvalue weighted by molar-refractivity contribution is 5.89. The highest BCUT2D eigenvalue weighted by atomic mass is 16.2. The van der Waals surface area contributed by atoms with Gasteiger partial charge in [-0.15, -0.1) is 0 Å². The van der Waals surface area contributed by atoms with Gasteiger partial charge in [-0.2, -0.15) is 0 Å². The van der Waals surface area contributed by atoms with Gasteiger partial charge in [-0.1, -0.05) is 57.8 Å². The summed E-state index contributed by atoms with van der Waals surface area (Å²) in [5.74, 6) is -0.0315. The van der Waals surface area contributed by atoms with Crippen LogP contribution in [-0.2, 0) is 9.59 Å². The zero-order valence-electron chi connectivity index (χ0n) is 19.0. The van der Waals surface area contributed by atoms with Gasteiger partial charge in [-0.25, -0.2) is 0 Å². The lowest BCUT2D eigenvalue weighted by Gasteiger charge is -2.29. The Hall–Kier alpha value is -1.18. The average Bonchev–Trinajstić information content (AvgIpc) is 3.10.